The van der Waals surface area contributed by atoms with Crippen LogP contribution in [-0.4, -0.2) is 5.16 Å². The number of halogens is 3. The molecular weight excluding hydrogens is 367 g/mol. The molecule has 0 unspecified atom stereocenters. The fourth-order valence-electron chi connectivity index (χ4n) is 1.87. The minimum atomic E-state index is -0.410. The number of nitrogen functional groups attached to an aromatic ring is 1. The van der Waals surface area contributed by atoms with Crippen molar-refractivity contribution in [1.29, 1.82) is 0 Å². The Morgan fingerprint density at radius 3 is 2.80 bits per heavy atom. The predicted octanol–water partition coefficient (Wildman–Crippen LogP) is 5.21. The van der Waals surface area contributed by atoms with Gasteiger partial charge in [0.25, 0.3) is 0 Å². The van der Waals surface area contributed by atoms with Crippen LogP contribution in [0.1, 0.15) is 0 Å². The van der Waals surface area contributed by atoms with Crippen molar-refractivity contribution in [3.05, 3.63) is 45.0 Å². The van der Waals surface area contributed by atoms with Gasteiger partial charge in [0.1, 0.15) is 11.5 Å². The summed E-state index contributed by atoms with van der Waals surface area (Å²) in [6.07, 6.45) is 0. The van der Waals surface area contributed by atoms with Crippen molar-refractivity contribution in [1.82, 2.24) is 5.16 Å². The van der Waals surface area contributed by atoms with Crippen LogP contribution < -0.4 is 5.73 Å². The van der Waals surface area contributed by atoms with Crippen LogP contribution in [0.15, 0.2) is 38.6 Å². The van der Waals surface area contributed by atoms with E-state index in [0.29, 0.717) is 16.8 Å². The standard InChI is InChI=1S/C13H7BrClFN2OS/c14-8-3-4-20-12(8)11-10(13(17)19-18-11)7-2-1-6(16)5-9(7)15/h1-5H,17H2. The highest BCUT2D eigenvalue weighted by molar-refractivity contribution is 9.10. The Balaban J connectivity index is 2.24. The van der Waals surface area contributed by atoms with Gasteiger partial charge in [-0.2, -0.15) is 0 Å². The van der Waals surface area contributed by atoms with Crippen LogP contribution in [0.4, 0.5) is 10.3 Å². The molecule has 0 atom stereocenters. The molecule has 102 valence electrons. The number of nitrogens with two attached hydrogens (primary N) is 1. The van der Waals surface area contributed by atoms with Crippen molar-refractivity contribution in [3.8, 4) is 21.7 Å². The van der Waals surface area contributed by atoms with Crippen molar-refractivity contribution < 1.29 is 8.91 Å². The average Bonchev–Trinajstić information content (AvgIpc) is 2.96. The second kappa shape index (κ2) is 5.20. The third-order valence-electron chi connectivity index (χ3n) is 2.75. The minimum absolute atomic E-state index is 0.147. The normalized spacial score (nSPS) is 10.9. The van der Waals surface area contributed by atoms with Gasteiger partial charge in [-0.15, -0.1) is 11.3 Å². The first-order valence-corrected chi connectivity index (χ1v) is 7.57. The van der Waals surface area contributed by atoms with Crippen molar-refractivity contribution in [2.24, 2.45) is 0 Å². The summed E-state index contributed by atoms with van der Waals surface area (Å²) in [5.41, 5.74) is 7.58. The van der Waals surface area contributed by atoms with Gasteiger partial charge in [0.05, 0.1) is 15.5 Å². The van der Waals surface area contributed by atoms with E-state index in [1.54, 1.807) is 6.07 Å². The Hall–Kier alpha value is -1.37. The van der Waals surface area contributed by atoms with E-state index in [2.05, 4.69) is 21.1 Å². The zero-order chi connectivity index (χ0) is 14.3. The summed E-state index contributed by atoms with van der Waals surface area (Å²) in [4.78, 5) is 0.876. The number of aromatic nitrogens is 1. The highest BCUT2D eigenvalue weighted by Crippen LogP contribution is 2.43. The summed E-state index contributed by atoms with van der Waals surface area (Å²) in [7, 11) is 0. The van der Waals surface area contributed by atoms with Crippen molar-refractivity contribution in [2.75, 3.05) is 5.73 Å². The molecule has 0 radical (unpaired) electrons. The van der Waals surface area contributed by atoms with Gasteiger partial charge >= 0.3 is 0 Å². The van der Waals surface area contributed by atoms with Gasteiger partial charge in [0, 0.05) is 10.0 Å². The second-order valence-corrected chi connectivity index (χ2v) is 6.17. The number of thiophene rings is 1. The van der Waals surface area contributed by atoms with Crippen LogP contribution in [0.25, 0.3) is 21.7 Å². The lowest BCUT2D eigenvalue weighted by Crippen LogP contribution is -1.89. The summed E-state index contributed by atoms with van der Waals surface area (Å²) in [6, 6.07) is 6.02. The Labute approximate surface area is 131 Å². The summed E-state index contributed by atoms with van der Waals surface area (Å²) in [5.74, 6) is -0.263. The number of rotatable bonds is 2. The molecule has 3 nitrogen and oxygen atoms in total. The molecule has 20 heavy (non-hydrogen) atoms. The third kappa shape index (κ3) is 2.24. The molecule has 2 N–H and O–H groups in total. The molecule has 0 amide bonds. The lowest BCUT2D eigenvalue weighted by atomic mass is 10.0. The van der Waals surface area contributed by atoms with Crippen LogP contribution in [0, 0.1) is 5.82 Å². The molecule has 1 aromatic carbocycles. The third-order valence-corrected chi connectivity index (χ3v) is 4.91. The zero-order valence-corrected chi connectivity index (χ0v) is 13.0. The topological polar surface area (TPSA) is 52.0 Å². The van der Waals surface area contributed by atoms with E-state index >= 15 is 0 Å². The SMILES string of the molecule is Nc1onc(-c2sccc2Br)c1-c1ccc(F)cc1Cl. The first-order valence-electron chi connectivity index (χ1n) is 5.52. The van der Waals surface area contributed by atoms with Gasteiger partial charge in [-0.3, -0.25) is 0 Å². The molecule has 0 aliphatic carbocycles. The van der Waals surface area contributed by atoms with Crippen LogP contribution in [-0.2, 0) is 0 Å². The number of hydrogen-bond donors (Lipinski definition) is 1. The van der Waals surface area contributed by atoms with Crippen LogP contribution in [0.2, 0.25) is 5.02 Å². The first kappa shape index (κ1) is 13.6. The van der Waals surface area contributed by atoms with Crippen molar-refractivity contribution in [2.45, 2.75) is 0 Å². The fourth-order valence-corrected chi connectivity index (χ4v) is 3.68. The van der Waals surface area contributed by atoms with Crippen molar-refractivity contribution in [3.63, 3.8) is 0 Å². The molecule has 0 aliphatic heterocycles. The molecule has 3 rings (SSSR count). The van der Waals surface area contributed by atoms with E-state index in [4.69, 9.17) is 21.9 Å². The number of benzene rings is 1. The monoisotopic (exact) mass is 372 g/mol. The van der Waals surface area contributed by atoms with Crippen LogP contribution in [0.3, 0.4) is 0 Å². The van der Waals surface area contributed by atoms with Gasteiger partial charge < -0.3 is 10.3 Å². The molecule has 0 aliphatic rings. The van der Waals surface area contributed by atoms with E-state index in [1.165, 1.54) is 23.5 Å². The zero-order valence-electron chi connectivity index (χ0n) is 9.86. The maximum Gasteiger partial charge on any atom is 0.230 e. The predicted molar refractivity (Wildman–Crippen MR) is 82.3 cm³/mol. The summed E-state index contributed by atoms with van der Waals surface area (Å²) >= 11 is 11.0. The summed E-state index contributed by atoms with van der Waals surface area (Å²) in [6.45, 7) is 0. The average molecular weight is 374 g/mol. The molecule has 2 aromatic heterocycles. The van der Waals surface area contributed by atoms with Gasteiger partial charge in [0.15, 0.2) is 0 Å². The van der Waals surface area contributed by atoms with Crippen molar-refractivity contribution >= 4 is 44.8 Å². The number of anilines is 1. The summed E-state index contributed by atoms with van der Waals surface area (Å²) < 4.78 is 19.1. The highest BCUT2D eigenvalue weighted by Gasteiger charge is 2.22. The molecule has 0 fully saturated rings. The Morgan fingerprint density at radius 1 is 1.35 bits per heavy atom. The van der Waals surface area contributed by atoms with Gasteiger partial charge in [-0.05, 0) is 45.6 Å². The van der Waals surface area contributed by atoms with E-state index in [-0.39, 0.29) is 10.9 Å². The first-order chi connectivity index (χ1) is 9.58. The van der Waals surface area contributed by atoms with Gasteiger partial charge in [0.2, 0.25) is 5.88 Å². The van der Waals surface area contributed by atoms with E-state index in [1.807, 2.05) is 11.4 Å². The molecule has 0 saturated heterocycles. The van der Waals surface area contributed by atoms with E-state index < -0.39 is 5.82 Å². The minimum Gasteiger partial charge on any atom is -0.367 e. The number of nitrogens with zero attached hydrogens (tertiary/aromatic N) is 1. The Bertz CT molecular complexity index is 787. The smallest absolute Gasteiger partial charge is 0.230 e. The highest BCUT2D eigenvalue weighted by atomic mass is 79.9. The Morgan fingerprint density at radius 2 is 2.15 bits per heavy atom. The fraction of sp³-hybridized carbons (Fsp3) is 0. The maximum absolute atomic E-state index is 13.2. The quantitative estimate of drug-likeness (QED) is 0.671. The lowest BCUT2D eigenvalue weighted by molar-refractivity contribution is 0.439. The van der Waals surface area contributed by atoms with E-state index in [9.17, 15) is 4.39 Å². The maximum atomic E-state index is 13.2. The van der Waals surface area contributed by atoms with Gasteiger partial charge in [-0.1, -0.05) is 16.8 Å². The lowest BCUT2D eigenvalue weighted by Gasteiger charge is -2.04. The Kier molecular flexibility index (Phi) is 3.54. The molecule has 0 bridgehead atoms. The summed E-state index contributed by atoms with van der Waals surface area (Å²) in [5, 5.41) is 6.16. The molecule has 2 heterocycles. The second-order valence-electron chi connectivity index (χ2n) is 3.99. The molecule has 3 aromatic rings. The number of hydrogen-bond acceptors (Lipinski definition) is 4. The molecule has 0 spiro atoms. The molecule has 0 saturated carbocycles. The molecular formula is C13H7BrClFN2OS. The van der Waals surface area contributed by atoms with E-state index in [0.717, 1.165) is 9.35 Å². The van der Waals surface area contributed by atoms with Gasteiger partial charge in [-0.25, -0.2) is 4.39 Å². The molecule has 7 heteroatoms. The largest absolute Gasteiger partial charge is 0.367 e. The van der Waals surface area contributed by atoms with Crippen LogP contribution in [0.5, 0.6) is 0 Å². The van der Waals surface area contributed by atoms with Crippen LogP contribution >= 0.6 is 38.9 Å².